The molecule has 0 atom stereocenters. The average Bonchev–Trinajstić information content (AvgIpc) is 2.89. The molecule has 0 spiro atoms. The molecular formula is C14H24N4. The van der Waals surface area contributed by atoms with Gasteiger partial charge >= 0.3 is 0 Å². The summed E-state index contributed by atoms with van der Waals surface area (Å²) in [5.74, 6) is 1.68. The van der Waals surface area contributed by atoms with Crippen LogP contribution in [-0.4, -0.2) is 22.0 Å². The maximum Gasteiger partial charge on any atom is 0.0999 e. The fourth-order valence-electron chi connectivity index (χ4n) is 3.17. The molecule has 1 aromatic heterocycles. The zero-order valence-electron chi connectivity index (χ0n) is 11.4. The SMILES string of the molecule is CNCc1nnn(CCC2CC2)c1C1CCCC1. The predicted octanol–water partition coefficient (Wildman–Crippen LogP) is 2.46. The molecule has 3 rings (SSSR count). The lowest BCUT2D eigenvalue weighted by Gasteiger charge is -2.13. The van der Waals surface area contributed by atoms with Gasteiger partial charge in [0.1, 0.15) is 0 Å². The third-order valence-electron chi connectivity index (χ3n) is 4.38. The minimum absolute atomic E-state index is 0.711. The molecule has 1 aromatic rings. The van der Waals surface area contributed by atoms with Crippen molar-refractivity contribution in [3.05, 3.63) is 11.4 Å². The number of aromatic nitrogens is 3. The summed E-state index contributed by atoms with van der Waals surface area (Å²) in [4.78, 5) is 0. The second-order valence-corrected chi connectivity index (χ2v) is 5.89. The van der Waals surface area contributed by atoms with Crippen LogP contribution in [0.15, 0.2) is 0 Å². The van der Waals surface area contributed by atoms with E-state index >= 15 is 0 Å². The first-order chi connectivity index (χ1) is 8.88. The lowest BCUT2D eigenvalue weighted by molar-refractivity contribution is 0.493. The van der Waals surface area contributed by atoms with Crippen LogP contribution in [0.3, 0.4) is 0 Å². The quantitative estimate of drug-likeness (QED) is 0.841. The Balaban J connectivity index is 1.76. The van der Waals surface area contributed by atoms with Crippen LogP contribution in [0.2, 0.25) is 0 Å². The highest BCUT2D eigenvalue weighted by molar-refractivity contribution is 5.17. The van der Waals surface area contributed by atoms with E-state index in [0.29, 0.717) is 5.92 Å². The molecule has 0 unspecified atom stereocenters. The zero-order valence-corrected chi connectivity index (χ0v) is 11.4. The van der Waals surface area contributed by atoms with Crippen molar-refractivity contribution in [3.63, 3.8) is 0 Å². The fraction of sp³-hybridized carbons (Fsp3) is 0.857. The van der Waals surface area contributed by atoms with E-state index in [9.17, 15) is 0 Å². The Bertz CT molecular complexity index is 388. The molecule has 4 nitrogen and oxygen atoms in total. The van der Waals surface area contributed by atoms with Gasteiger partial charge < -0.3 is 5.32 Å². The van der Waals surface area contributed by atoms with E-state index < -0.39 is 0 Å². The molecule has 2 aliphatic rings. The predicted molar refractivity (Wildman–Crippen MR) is 71.3 cm³/mol. The van der Waals surface area contributed by atoms with Gasteiger partial charge in [-0.2, -0.15) is 0 Å². The monoisotopic (exact) mass is 248 g/mol. The highest BCUT2D eigenvalue weighted by Crippen LogP contribution is 2.37. The highest BCUT2D eigenvalue weighted by atomic mass is 15.4. The van der Waals surface area contributed by atoms with Crippen molar-refractivity contribution >= 4 is 0 Å². The Hall–Kier alpha value is -0.900. The van der Waals surface area contributed by atoms with Crippen molar-refractivity contribution in [3.8, 4) is 0 Å². The Kier molecular flexibility index (Phi) is 3.64. The molecule has 0 radical (unpaired) electrons. The van der Waals surface area contributed by atoms with Gasteiger partial charge in [0.05, 0.1) is 11.4 Å². The van der Waals surface area contributed by atoms with Crippen LogP contribution in [0.25, 0.3) is 0 Å². The van der Waals surface area contributed by atoms with Crippen LogP contribution in [0.5, 0.6) is 0 Å². The molecule has 4 heteroatoms. The fourth-order valence-corrected chi connectivity index (χ4v) is 3.17. The topological polar surface area (TPSA) is 42.7 Å². The highest BCUT2D eigenvalue weighted by Gasteiger charge is 2.27. The van der Waals surface area contributed by atoms with Gasteiger partial charge in [-0.05, 0) is 32.2 Å². The Labute approximate surface area is 109 Å². The molecule has 0 amide bonds. The maximum atomic E-state index is 4.41. The van der Waals surface area contributed by atoms with Crippen LogP contribution in [0.1, 0.15) is 62.3 Å². The summed E-state index contributed by atoms with van der Waals surface area (Å²) in [6.07, 6.45) is 9.55. The number of aryl methyl sites for hydroxylation is 1. The molecule has 100 valence electrons. The van der Waals surface area contributed by atoms with Gasteiger partial charge in [0.15, 0.2) is 0 Å². The van der Waals surface area contributed by atoms with Crippen LogP contribution < -0.4 is 5.32 Å². The first kappa shape index (κ1) is 12.2. The summed E-state index contributed by atoms with van der Waals surface area (Å²) < 4.78 is 2.21. The smallest absolute Gasteiger partial charge is 0.0999 e. The number of hydrogen-bond acceptors (Lipinski definition) is 3. The summed E-state index contributed by atoms with van der Waals surface area (Å²) in [7, 11) is 1.99. The van der Waals surface area contributed by atoms with E-state index in [4.69, 9.17) is 0 Å². The van der Waals surface area contributed by atoms with Gasteiger partial charge in [-0.3, -0.25) is 0 Å². The summed E-state index contributed by atoms with van der Waals surface area (Å²) >= 11 is 0. The minimum Gasteiger partial charge on any atom is -0.314 e. The molecule has 2 aliphatic carbocycles. The number of rotatable bonds is 6. The molecular weight excluding hydrogens is 224 g/mol. The number of hydrogen-bond donors (Lipinski definition) is 1. The van der Waals surface area contributed by atoms with E-state index in [-0.39, 0.29) is 0 Å². The standard InChI is InChI=1S/C14H24N4/c1-15-10-13-14(12-4-2-3-5-12)18(17-16-13)9-8-11-6-7-11/h11-12,15H,2-10H2,1H3. The molecule has 2 fully saturated rings. The molecule has 18 heavy (non-hydrogen) atoms. The normalized spacial score (nSPS) is 20.7. The first-order valence-corrected chi connectivity index (χ1v) is 7.45. The van der Waals surface area contributed by atoms with Crippen LogP contribution in [0, 0.1) is 5.92 Å². The third-order valence-corrected chi connectivity index (χ3v) is 4.38. The summed E-state index contributed by atoms with van der Waals surface area (Å²) in [5, 5.41) is 12.0. The molecule has 1 heterocycles. The minimum atomic E-state index is 0.711. The van der Waals surface area contributed by atoms with E-state index in [2.05, 4.69) is 20.3 Å². The van der Waals surface area contributed by atoms with Crippen molar-refractivity contribution in [1.29, 1.82) is 0 Å². The van der Waals surface area contributed by atoms with Crippen molar-refractivity contribution in [2.75, 3.05) is 7.05 Å². The summed E-state index contributed by atoms with van der Waals surface area (Å²) in [5.41, 5.74) is 2.61. The Morgan fingerprint density at radius 3 is 2.67 bits per heavy atom. The van der Waals surface area contributed by atoms with Gasteiger partial charge in [0.2, 0.25) is 0 Å². The summed E-state index contributed by atoms with van der Waals surface area (Å²) in [6.45, 7) is 1.93. The molecule has 0 aromatic carbocycles. The van der Waals surface area contributed by atoms with Gasteiger partial charge in [0.25, 0.3) is 0 Å². The first-order valence-electron chi connectivity index (χ1n) is 7.45. The zero-order chi connectivity index (χ0) is 12.4. The molecule has 0 aliphatic heterocycles. The second kappa shape index (κ2) is 5.39. The lowest BCUT2D eigenvalue weighted by atomic mass is 10.0. The molecule has 0 bridgehead atoms. The molecule has 0 saturated heterocycles. The lowest BCUT2D eigenvalue weighted by Crippen LogP contribution is -2.13. The van der Waals surface area contributed by atoms with E-state index in [0.717, 1.165) is 19.0 Å². The van der Waals surface area contributed by atoms with Gasteiger partial charge in [0, 0.05) is 19.0 Å². The third kappa shape index (κ3) is 2.58. The van der Waals surface area contributed by atoms with Gasteiger partial charge in [-0.1, -0.05) is 30.9 Å². The van der Waals surface area contributed by atoms with Gasteiger partial charge in [-0.25, -0.2) is 4.68 Å². The van der Waals surface area contributed by atoms with Crippen molar-refractivity contribution in [1.82, 2.24) is 20.3 Å². The van der Waals surface area contributed by atoms with Crippen LogP contribution in [0.4, 0.5) is 0 Å². The Morgan fingerprint density at radius 1 is 1.22 bits per heavy atom. The second-order valence-electron chi connectivity index (χ2n) is 5.89. The van der Waals surface area contributed by atoms with E-state index in [1.165, 1.54) is 56.3 Å². The number of nitrogens with one attached hydrogen (secondary N) is 1. The summed E-state index contributed by atoms with van der Waals surface area (Å²) in [6, 6.07) is 0. The van der Waals surface area contributed by atoms with Crippen LogP contribution >= 0.6 is 0 Å². The van der Waals surface area contributed by atoms with Crippen molar-refractivity contribution in [2.24, 2.45) is 5.92 Å². The van der Waals surface area contributed by atoms with Crippen molar-refractivity contribution in [2.45, 2.75) is 64.0 Å². The van der Waals surface area contributed by atoms with E-state index in [1.54, 1.807) is 0 Å². The molecule has 1 N–H and O–H groups in total. The van der Waals surface area contributed by atoms with Crippen LogP contribution in [-0.2, 0) is 13.1 Å². The van der Waals surface area contributed by atoms with Crippen molar-refractivity contribution < 1.29 is 0 Å². The largest absolute Gasteiger partial charge is 0.314 e. The molecule has 2 saturated carbocycles. The number of nitrogens with zero attached hydrogens (tertiary/aromatic N) is 3. The maximum absolute atomic E-state index is 4.41. The Morgan fingerprint density at radius 2 is 2.00 bits per heavy atom. The van der Waals surface area contributed by atoms with Gasteiger partial charge in [-0.15, -0.1) is 5.10 Å². The van der Waals surface area contributed by atoms with E-state index in [1.807, 2.05) is 7.05 Å². The average molecular weight is 248 g/mol.